The first-order valence-electron chi connectivity index (χ1n) is 6.86. The zero-order chi connectivity index (χ0) is 13.1. The van der Waals surface area contributed by atoms with Crippen molar-refractivity contribution in [3.8, 4) is 0 Å². The van der Waals surface area contributed by atoms with Crippen molar-refractivity contribution in [3.05, 3.63) is 0 Å². The summed E-state index contributed by atoms with van der Waals surface area (Å²) in [6, 6.07) is 0. The molecule has 1 unspecified atom stereocenters. The highest BCUT2D eigenvalue weighted by Gasteiger charge is 2.34. The fourth-order valence-electron chi connectivity index (χ4n) is 2.48. The van der Waals surface area contributed by atoms with E-state index in [1.54, 1.807) is 7.05 Å². The Morgan fingerprint density at radius 3 is 2.37 bits per heavy atom. The molecule has 0 spiro atoms. The molecule has 5 nitrogen and oxygen atoms in total. The molecule has 2 aliphatic rings. The van der Waals surface area contributed by atoms with Gasteiger partial charge in [-0.15, -0.1) is 24.0 Å². The third-order valence-electron chi connectivity index (χ3n) is 4.02. The zero-order valence-electron chi connectivity index (χ0n) is 11.9. The summed E-state index contributed by atoms with van der Waals surface area (Å²) in [5, 5.41) is 16.5. The van der Waals surface area contributed by atoms with Gasteiger partial charge in [0.15, 0.2) is 5.96 Å². The van der Waals surface area contributed by atoms with Crippen molar-refractivity contribution in [3.63, 3.8) is 0 Å². The van der Waals surface area contributed by atoms with Crippen LogP contribution in [-0.2, 0) is 4.74 Å². The number of aliphatic hydroxyl groups is 1. The largest absolute Gasteiger partial charge is 0.388 e. The van der Waals surface area contributed by atoms with Crippen LogP contribution in [0, 0.1) is 0 Å². The van der Waals surface area contributed by atoms with E-state index >= 15 is 0 Å². The summed E-state index contributed by atoms with van der Waals surface area (Å²) in [7, 11) is 1.75. The van der Waals surface area contributed by atoms with Crippen LogP contribution in [0.15, 0.2) is 4.99 Å². The summed E-state index contributed by atoms with van der Waals surface area (Å²) in [5.41, 5.74) is -0.601. The monoisotopic (exact) mass is 383 g/mol. The summed E-state index contributed by atoms with van der Waals surface area (Å²) >= 11 is 0. The Balaban J connectivity index is 0.00000180. The van der Waals surface area contributed by atoms with Crippen LogP contribution in [0.3, 0.4) is 0 Å². The lowest BCUT2D eigenvalue weighted by Gasteiger charge is -2.37. The molecule has 0 aromatic heterocycles. The Morgan fingerprint density at radius 2 is 1.89 bits per heavy atom. The van der Waals surface area contributed by atoms with Gasteiger partial charge in [0.25, 0.3) is 0 Å². The van der Waals surface area contributed by atoms with Crippen molar-refractivity contribution in [2.24, 2.45) is 4.99 Å². The number of guanidine groups is 1. The highest BCUT2D eigenvalue weighted by Crippen LogP contribution is 2.30. The number of nitrogens with zero attached hydrogens (tertiary/aromatic N) is 1. The van der Waals surface area contributed by atoms with Crippen LogP contribution in [0.5, 0.6) is 0 Å². The normalized spacial score (nSPS) is 29.3. The van der Waals surface area contributed by atoms with E-state index < -0.39 is 5.60 Å². The molecule has 0 aromatic carbocycles. The standard InChI is InChI=1S/C13H25N3O2.HI/c1-12(5-4-8-18-12)9-15-11(14-2)16-10-13(17)6-3-7-13;/h17H,3-10H2,1-2H3,(H2,14,15,16);1H. The van der Waals surface area contributed by atoms with Gasteiger partial charge in [-0.1, -0.05) is 0 Å². The SMILES string of the molecule is CN=C(NCC1(O)CCC1)NCC1(C)CCCO1.I. The molecule has 6 heteroatoms. The molecular weight excluding hydrogens is 357 g/mol. The third kappa shape index (κ3) is 4.75. The van der Waals surface area contributed by atoms with Crippen molar-refractivity contribution in [1.82, 2.24) is 10.6 Å². The first-order chi connectivity index (χ1) is 8.55. The average molecular weight is 383 g/mol. The predicted molar refractivity (Wildman–Crippen MR) is 87.2 cm³/mol. The van der Waals surface area contributed by atoms with Gasteiger partial charge in [-0.05, 0) is 39.0 Å². The second-order valence-electron chi connectivity index (χ2n) is 5.76. The molecule has 0 amide bonds. The van der Waals surface area contributed by atoms with Crippen LogP contribution in [0.1, 0.15) is 39.0 Å². The Bertz CT molecular complexity index is 313. The third-order valence-corrected chi connectivity index (χ3v) is 4.02. The molecule has 0 radical (unpaired) electrons. The Labute approximate surface area is 132 Å². The van der Waals surface area contributed by atoms with Gasteiger partial charge in [0.1, 0.15) is 0 Å². The molecule has 19 heavy (non-hydrogen) atoms. The quantitative estimate of drug-likeness (QED) is 0.389. The maximum Gasteiger partial charge on any atom is 0.191 e. The van der Waals surface area contributed by atoms with Gasteiger partial charge in [-0.25, -0.2) is 0 Å². The van der Waals surface area contributed by atoms with Crippen LogP contribution in [0.25, 0.3) is 0 Å². The predicted octanol–water partition coefficient (Wildman–Crippen LogP) is 1.25. The lowest BCUT2D eigenvalue weighted by molar-refractivity contribution is -0.0280. The van der Waals surface area contributed by atoms with E-state index in [0.717, 1.165) is 51.2 Å². The van der Waals surface area contributed by atoms with Crippen molar-refractivity contribution in [1.29, 1.82) is 0 Å². The molecule has 0 bridgehead atoms. The average Bonchev–Trinajstić information content (AvgIpc) is 2.74. The first-order valence-corrected chi connectivity index (χ1v) is 6.86. The van der Waals surface area contributed by atoms with Gasteiger partial charge >= 0.3 is 0 Å². The number of halogens is 1. The van der Waals surface area contributed by atoms with E-state index in [1.165, 1.54) is 0 Å². The van der Waals surface area contributed by atoms with Gasteiger partial charge in [-0.2, -0.15) is 0 Å². The fourth-order valence-corrected chi connectivity index (χ4v) is 2.48. The second kappa shape index (κ2) is 7.08. The summed E-state index contributed by atoms with van der Waals surface area (Å²) in [4.78, 5) is 4.17. The minimum absolute atomic E-state index is 0. The molecule has 2 fully saturated rings. The van der Waals surface area contributed by atoms with Crippen molar-refractivity contribution >= 4 is 29.9 Å². The number of ether oxygens (including phenoxy) is 1. The number of hydrogen-bond acceptors (Lipinski definition) is 3. The minimum atomic E-state index is -0.522. The molecule has 1 aliphatic heterocycles. The summed E-state index contributed by atoms with van der Waals surface area (Å²) in [6.45, 7) is 4.30. The Morgan fingerprint density at radius 1 is 1.21 bits per heavy atom. The van der Waals surface area contributed by atoms with E-state index in [2.05, 4.69) is 22.5 Å². The van der Waals surface area contributed by atoms with Crippen LogP contribution >= 0.6 is 24.0 Å². The number of aliphatic imine (C=N–C) groups is 1. The summed E-state index contributed by atoms with van der Waals surface area (Å²) < 4.78 is 5.72. The van der Waals surface area contributed by atoms with Gasteiger partial charge < -0.3 is 20.5 Å². The maximum atomic E-state index is 10.0. The van der Waals surface area contributed by atoms with Gasteiger partial charge in [0, 0.05) is 26.7 Å². The fraction of sp³-hybridized carbons (Fsp3) is 0.923. The molecule has 2 rings (SSSR count). The number of hydrogen-bond donors (Lipinski definition) is 3. The molecule has 112 valence electrons. The van der Waals surface area contributed by atoms with Gasteiger partial charge in [-0.3, -0.25) is 4.99 Å². The summed E-state index contributed by atoms with van der Waals surface area (Å²) in [6.07, 6.45) is 5.11. The highest BCUT2D eigenvalue weighted by atomic mass is 127. The number of rotatable bonds is 4. The molecule has 1 atom stereocenters. The van der Waals surface area contributed by atoms with Crippen molar-refractivity contribution in [2.75, 3.05) is 26.7 Å². The molecule has 3 N–H and O–H groups in total. The van der Waals surface area contributed by atoms with Gasteiger partial charge in [0.05, 0.1) is 11.2 Å². The highest BCUT2D eigenvalue weighted by molar-refractivity contribution is 14.0. The lowest BCUT2D eigenvalue weighted by Crippen LogP contribution is -2.52. The van der Waals surface area contributed by atoms with E-state index in [1.807, 2.05) is 0 Å². The van der Waals surface area contributed by atoms with E-state index in [0.29, 0.717) is 6.54 Å². The zero-order valence-corrected chi connectivity index (χ0v) is 14.2. The molecule has 0 aromatic rings. The molecule has 1 heterocycles. The molecule has 1 saturated heterocycles. The lowest BCUT2D eigenvalue weighted by atomic mass is 9.80. The van der Waals surface area contributed by atoms with Crippen LogP contribution in [0.2, 0.25) is 0 Å². The Kier molecular flexibility index (Phi) is 6.32. The van der Waals surface area contributed by atoms with Crippen LogP contribution in [0.4, 0.5) is 0 Å². The molecule has 1 aliphatic carbocycles. The minimum Gasteiger partial charge on any atom is -0.388 e. The van der Waals surface area contributed by atoms with Gasteiger partial charge in [0.2, 0.25) is 0 Å². The van der Waals surface area contributed by atoms with E-state index in [-0.39, 0.29) is 29.6 Å². The van der Waals surface area contributed by atoms with Crippen molar-refractivity contribution < 1.29 is 9.84 Å². The topological polar surface area (TPSA) is 65.9 Å². The summed E-state index contributed by atoms with van der Waals surface area (Å²) in [5.74, 6) is 0.743. The van der Waals surface area contributed by atoms with E-state index in [9.17, 15) is 5.11 Å². The first kappa shape index (κ1) is 17.0. The van der Waals surface area contributed by atoms with Crippen LogP contribution < -0.4 is 10.6 Å². The van der Waals surface area contributed by atoms with Crippen LogP contribution in [-0.4, -0.2) is 49.0 Å². The van der Waals surface area contributed by atoms with E-state index in [4.69, 9.17) is 4.74 Å². The van der Waals surface area contributed by atoms with Crippen molar-refractivity contribution in [2.45, 2.75) is 50.2 Å². The number of nitrogens with one attached hydrogen (secondary N) is 2. The Hall–Kier alpha value is -0.0800. The molecule has 1 saturated carbocycles. The smallest absolute Gasteiger partial charge is 0.191 e. The second-order valence-corrected chi connectivity index (χ2v) is 5.76. The molecular formula is C13H26IN3O2. The maximum absolute atomic E-state index is 10.0.